The Hall–Kier alpha value is -3.02. The standard InChI is InChI=1S/C20H21N5O/c26-20(18-6-1-7-19(11-18)25-14-22-23-15-25)24-9-3-5-17(13-24)10-16-4-2-8-21-12-16/h1-2,4,6-8,11-12,14-15,17H,3,5,9-10,13H2/t17-/m1/s1. The van der Waals surface area contributed by atoms with Crippen LogP contribution < -0.4 is 0 Å². The predicted molar refractivity (Wildman–Crippen MR) is 97.9 cm³/mol. The number of piperidine rings is 1. The number of likely N-dealkylation sites (tertiary alicyclic amines) is 1. The fraction of sp³-hybridized carbons (Fsp3) is 0.300. The maximum Gasteiger partial charge on any atom is 0.253 e. The van der Waals surface area contributed by atoms with E-state index in [1.807, 2.05) is 41.4 Å². The van der Waals surface area contributed by atoms with Crippen LogP contribution in [-0.2, 0) is 6.42 Å². The highest BCUT2D eigenvalue weighted by Gasteiger charge is 2.24. The highest BCUT2D eigenvalue weighted by Crippen LogP contribution is 2.22. The van der Waals surface area contributed by atoms with Gasteiger partial charge in [-0.3, -0.25) is 14.3 Å². The largest absolute Gasteiger partial charge is 0.338 e. The van der Waals surface area contributed by atoms with Crippen LogP contribution >= 0.6 is 0 Å². The van der Waals surface area contributed by atoms with Crippen molar-refractivity contribution in [3.05, 3.63) is 72.6 Å². The number of nitrogens with zero attached hydrogens (tertiary/aromatic N) is 5. The molecule has 1 amide bonds. The summed E-state index contributed by atoms with van der Waals surface area (Å²) in [4.78, 5) is 19.2. The molecular weight excluding hydrogens is 326 g/mol. The van der Waals surface area contributed by atoms with Gasteiger partial charge in [-0.2, -0.15) is 0 Å². The quantitative estimate of drug-likeness (QED) is 0.728. The molecule has 1 aliphatic heterocycles. The molecule has 0 bridgehead atoms. The second kappa shape index (κ2) is 7.47. The minimum atomic E-state index is 0.0933. The fourth-order valence-corrected chi connectivity index (χ4v) is 3.58. The Morgan fingerprint density at radius 2 is 2.04 bits per heavy atom. The van der Waals surface area contributed by atoms with Crippen molar-refractivity contribution in [3.63, 3.8) is 0 Å². The summed E-state index contributed by atoms with van der Waals surface area (Å²) in [5.41, 5.74) is 2.84. The fourth-order valence-electron chi connectivity index (χ4n) is 3.58. The Morgan fingerprint density at radius 1 is 1.15 bits per heavy atom. The van der Waals surface area contributed by atoms with E-state index in [2.05, 4.69) is 21.2 Å². The topological polar surface area (TPSA) is 63.9 Å². The van der Waals surface area contributed by atoms with Gasteiger partial charge in [-0.1, -0.05) is 12.1 Å². The van der Waals surface area contributed by atoms with E-state index in [4.69, 9.17) is 0 Å². The molecule has 0 unspecified atom stereocenters. The van der Waals surface area contributed by atoms with Crippen LogP contribution in [-0.4, -0.2) is 43.6 Å². The van der Waals surface area contributed by atoms with Gasteiger partial charge in [-0.05, 0) is 55.0 Å². The lowest BCUT2D eigenvalue weighted by atomic mass is 9.91. The molecule has 0 N–H and O–H groups in total. The number of carbonyl (C=O) groups excluding carboxylic acids is 1. The molecule has 1 aliphatic rings. The van der Waals surface area contributed by atoms with Gasteiger partial charge in [0.1, 0.15) is 12.7 Å². The second-order valence-corrected chi connectivity index (χ2v) is 6.74. The van der Waals surface area contributed by atoms with E-state index in [9.17, 15) is 4.79 Å². The summed E-state index contributed by atoms with van der Waals surface area (Å²) in [5, 5.41) is 7.65. The molecule has 6 nitrogen and oxygen atoms in total. The molecule has 1 aromatic carbocycles. The summed E-state index contributed by atoms with van der Waals surface area (Å²) < 4.78 is 1.80. The highest BCUT2D eigenvalue weighted by atomic mass is 16.2. The first-order valence-corrected chi connectivity index (χ1v) is 8.93. The minimum Gasteiger partial charge on any atom is -0.338 e. The molecule has 3 heterocycles. The van der Waals surface area contributed by atoms with Crippen LogP contribution in [0.4, 0.5) is 0 Å². The number of carbonyl (C=O) groups is 1. The summed E-state index contributed by atoms with van der Waals surface area (Å²) in [6.45, 7) is 1.61. The summed E-state index contributed by atoms with van der Waals surface area (Å²) in [6, 6.07) is 11.7. The van der Waals surface area contributed by atoms with E-state index in [0.717, 1.165) is 38.0 Å². The molecular formula is C20H21N5O. The third kappa shape index (κ3) is 3.64. The van der Waals surface area contributed by atoms with Gasteiger partial charge in [0.25, 0.3) is 5.91 Å². The number of amides is 1. The van der Waals surface area contributed by atoms with E-state index in [-0.39, 0.29) is 5.91 Å². The summed E-state index contributed by atoms with van der Waals surface area (Å²) in [5.74, 6) is 0.578. The van der Waals surface area contributed by atoms with Crippen LogP contribution in [0.15, 0.2) is 61.4 Å². The van der Waals surface area contributed by atoms with E-state index in [1.54, 1.807) is 23.4 Å². The Morgan fingerprint density at radius 3 is 2.85 bits per heavy atom. The molecule has 1 fully saturated rings. The second-order valence-electron chi connectivity index (χ2n) is 6.74. The first kappa shape index (κ1) is 16.4. The van der Waals surface area contributed by atoms with E-state index in [1.165, 1.54) is 5.56 Å². The summed E-state index contributed by atoms with van der Waals surface area (Å²) in [7, 11) is 0. The Labute approximate surface area is 152 Å². The highest BCUT2D eigenvalue weighted by molar-refractivity contribution is 5.94. The molecule has 4 rings (SSSR count). The average Bonchev–Trinajstić information content (AvgIpc) is 3.23. The zero-order chi connectivity index (χ0) is 17.8. The molecule has 0 spiro atoms. The third-order valence-electron chi connectivity index (χ3n) is 4.86. The van der Waals surface area contributed by atoms with Crippen LogP contribution in [0, 0.1) is 5.92 Å². The van der Waals surface area contributed by atoms with Crippen molar-refractivity contribution in [3.8, 4) is 5.69 Å². The van der Waals surface area contributed by atoms with Crippen LogP contribution in [0.25, 0.3) is 5.69 Å². The SMILES string of the molecule is O=C(c1cccc(-n2cnnc2)c1)N1CCC[C@H](Cc2cccnc2)C1. The van der Waals surface area contributed by atoms with Crippen LogP contribution in [0.3, 0.4) is 0 Å². The summed E-state index contributed by atoms with van der Waals surface area (Å²) >= 11 is 0. The maximum absolute atomic E-state index is 13.0. The Kier molecular flexibility index (Phi) is 4.73. The minimum absolute atomic E-state index is 0.0933. The van der Waals surface area contributed by atoms with Crippen molar-refractivity contribution in [1.82, 2.24) is 24.6 Å². The van der Waals surface area contributed by atoms with Gasteiger partial charge in [0.15, 0.2) is 0 Å². The van der Waals surface area contributed by atoms with E-state index >= 15 is 0 Å². The van der Waals surface area contributed by atoms with Crippen molar-refractivity contribution in [2.45, 2.75) is 19.3 Å². The number of hydrogen-bond donors (Lipinski definition) is 0. The van der Waals surface area contributed by atoms with E-state index < -0.39 is 0 Å². The molecule has 1 atom stereocenters. The lowest BCUT2D eigenvalue weighted by molar-refractivity contribution is 0.0673. The number of benzene rings is 1. The first-order valence-electron chi connectivity index (χ1n) is 8.93. The maximum atomic E-state index is 13.0. The lowest BCUT2D eigenvalue weighted by Crippen LogP contribution is -2.40. The van der Waals surface area contributed by atoms with Gasteiger partial charge in [-0.15, -0.1) is 10.2 Å². The molecule has 0 radical (unpaired) electrons. The van der Waals surface area contributed by atoms with Gasteiger partial charge in [0.2, 0.25) is 0 Å². The van der Waals surface area contributed by atoms with Crippen molar-refractivity contribution in [1.29, 1.82) is 0 Å². The van der Waals surface area contributed by atoms with Crippen LogP contribution in [0.1, 0.15) is 28.8 Å². The van der Waals surface area contributed by atoms with Crippen LogP contribution in [0.5, 0.6) is 0 Å². The number of hydrogen-bond acceptors (Lipinski definition) is 4. The van der Waals surface area contributed by atoms with Crippen LogP contribution in [0.2, 0.25) is 0 Å². The van der Waals surface area contributed by atoms with Gasteiger partial charge in [0.05, 0.1) is 0 Å². The Balaban J connectivity index is 1.47. The van der Waals surface area contributed by atoms with Gasteiger partial charge >= 0.3 is 0 Å². The molecule has 132 valence electrons. The molecule has 6 heteroatoms. The zero-order valence-corrected chi connectivity index (χ0v) is 14.5. The number of pyridine rings is 1. The molecule has 0 aliphatic carbocycles. The Bertz CT molecular complexity index is 863. The van der Waals surface area contributed by atoms with Crippen molar-refractivity contribution in [2.24, 2.45) is 5.92 Å². The molecule has 26 heavy (non-hydrogen) atoms. The normalized spacial score (nSPS) is 17.2. The number of rotatable bonds is 4. The number of aromatic nitrogens is 4. The van der Waals surface area contributed by atoms with Crippen molar-refractivity contribution < 1.29 is 4.79 Å². The molecule has 3 aromatic rings. The van der Waals surface area contributed by atoms with Gasteiger partial charge < -0.3 is 4.90 Å². The predicted octanol–water partition coefficient (Wildman–Crippen LogP) is 2.76. The van der Waals surface area contributed by atoms with Crippen molar-refractivity contribution in [2.75, 3.05) is 13.1 Å². The molecule has 1 saturated heterocycles. The lowest BCUT2D eigenvalue weighted by Gasteiger charge is -2.33. The molecule has 0 saturated carbocycles. The van der Waals surface area contributed by atoms with Crippen molar-refractivity contribution >= 4 is 5.91 Å². The van der Waals surface area contributed by atoms with Gasteiger partial charge in [-0.25, -0.2) is 0 Å². The zero-order valence-electron chi connectivity index (χ0n) is 14.5. The average molecular weight is 347 g/mol. The third-order valence-corrected chi connectivity index (χ3v) is 4.86. The monoisotopic (exact) mass is 347 g/mol. The summed E-state index contributed by atoms with van der Waals surface area (Å²) in [6.07, 6.45) is 10.1. The first-order chi connectivity index (χ1) is 12.8. The molecule has 2 aromatic heterocycles. The van der Waals surface area contributed by atoms with Gasteiger partial charge in [0, 0.05) is 36.7 Å². The smallest absolute Gasteiger partial charge is 0.253 e. The van der Waals surface area contributed by atoms with E-state index in [0.29, 0.717) is 11.5 Å².